The lowest BCUT2D eigenvalue weighted by Gasteiger charge is -2.34. The molecule has 0 radical (unpaired) electrons. The fraction of sp³-hybridized carbons (Fsp3) is 0.522. The number of imidazole rings is 1. The molecule has 6 nitrogen and oxygen atoms in total. The summed E-state index contributed by atoms with van der Waals surface area (Å²) in [6, 6.07) is 9.27. The van der Waals surface area contributed by atoms with Crippen molar-refractivity contribution in [3.05, 3.63) is 53.7 Å². The van der Waals surface area contributed by atoms with Gasteiger partial charge in [0.1, 0.15) is 5.82 Å². The van der Waals surface area contributed by atoms with Crippen molar-refractivity contribution in [2.75, 3.05) is 39.3 Å². The van der Waals surface area contributed by atoms with Gasteiger partial charge in [0.05, 0.1) is 6.54 Å². The summed E-state index contributed by atoms with van der Waals surface area (Å²) >= 11 is 0. The molecule has 0 atom stereocenters. The Balaban J connectivity index is 1.17. The number of hydrogen-bond donors (Lipinski definition) is 1. The SMILES string of the molecule is Cn1ccnc1CN1CCN(Cc2ccc3[nH]c(CN4CCCC4)cc3c2)CC1. The number of H-pyrrole nitrogens is 1. The summed E-state index contributed by atoms with van der Waals surface area (Å²) in [5.41, 5.74) is 4.03. The number of nitrogens with one attached hydrogen (secondary N) is 1. The smallest absolute Gasteiger partial charge is 0.122 e. The van der Waals surface area contributed by atoms with Crippen LogP contribution in [-0.2, 0) is 26.7 Å². The van der Waals surface area contributed by atoms with Crippen LogP contribution in [-0.4, -0.2) is 68.5 Å². The van der Waals surface area contributed by atoms with E-state index in [1.165, 1.54) is 48.1 Å². The molecular formula is C23H32N6. The molecule has 2 fully saturated rings. The standard InChI is InChI=1S/C23H32N6/c1-26-9-6-24-23(26)18-29-12-10-28(11-13-29)16-19-4-5-22-20(14-19)15-21(25-22)17-27-7-2-3-8-27/h4-6,9,14-15,25H,2-3,7-8,10-13,16-18H2,1H3. The molecule has 6 heteroatoms. The number of fused-ring (bicyclic) bond motifs is 1. The van der Waals surface area contributed by atoms with Crippen LogP contribution in [0.4, 0.5) is 0 Å². The minimum atomic E-state index is 0.951. The Kier molecular flexibility index (Phi) is 5.40. The van der Waals surface area contributed by atoms with Crippen molar-refractivity contribution in [2.45, 2.75) is 32.5 Å². The molecular weight excluding hydrogens is 360 g/mol. The highest BCUT2D eigenvalue weighted by atomic mass is 15.3. The average Bonchev–Trinajstić information content (AvgIpc) is 3.46. The van der Waals surface area contributed by atoms with E-state index in [4.69, 9.17) is 0 Å². The van der Waals surface area contributed by atoms with E-state index in [9.17, 15) is 0 Å². The van der Waals surface area contributed by atoms with Gasteiger partial charge in [-0.3, -0.25) is 14.7 Å². The van der Waals surface area contributed by atoms with Gasteiger partial charge in [0.2, 0.25) is 0 Å². The maximum absolute atomic E-state index is 4.46. The van der Waals surface area contributed by atoms with Gasteiger partial charge in [-0.05, 0) is 49.7 Å². The number of likely N-dealkylation sites (tertiary alicyclic amines) is 1. The zero-order valence-corrected chi connectivity index (χ0v) is 17.5. The predicted molar refractivity (Wildman–Crippen MR) is 117 cm³/mol. The number of hydrogen-bond acceptors (Lipinski definition) is 4. The first kappa shape index (κ1) is 18.9. The zero-order valence-electron chi connectivity index (χ0n) is 17.5. The van der Waals surface area contributed by atoms with E-state index in [0.29, 0.717) is 0 Å². The topological polar surface area (TPSA) is 43.3 Å². The number of rotatable bonds is 6. The highest BCUT2D eigenvalue weighted by Crippen LogP contribution is 2.21. The predicted octanol–water partition coefficient (Wildman–Crippen LogP) is 2.82. The maximum Gasteiger partial charge on any atom is 0.122 e. The lowest BCUT2D eigenvalue weighted by Crippen LogP contribution is -2.45. The van der Waals surface area contributed by atoms with Gasteiger partial charge in [-0.1, -0.05) is 6.07 Å². The van der Waals surface area contributed by atoms with Crippen LogP contribution in [0.25, 0.3) is 10.9 Å². The van der Waals surface area contributed by atoms with Crippen molar-refractivity contribution in [3.63, 3.8) is 0 Å². The van der Waals surface area contributed by atoms with Crippen LogP contribution in [0.1, 0.15) is 29.9 Å². The summed E-state index contributed by atoms with van der Waals surface area (Å²) in [4.78, 5) is 15.7. The van der Waals surface area contributed by atoms with E-state index in [1.54, 1.807) is 0 Å². The Morgan fingerprint density at radius 2 is 1.59 bits per heavy atom. The molecule has 0 bridgehead atoms. The van der Waals surface area contributed by atoms with E-state index in [1.807, 2.05) is 12.4 Å². The van der Waals surface area contributed by atoms with Gasteiger partial charge in [0.15, 0.2) is 0 Å². The molecule has 0 aliphatic carbocycles. The number of aryl methyl sites for hydroxylation is 1. The van der Waals surface area contributed by atoms with Crippen molar-refractivity contribution < 1.29 is 0 Å². The third kappa shape index (κ3) is 4.39. The van der Waals surface area contributed by atoms with Crippen molar-refractivity contribution in [2.24, 2.45) is 7.05 Å². The average molecular weight is 393 g/mol. The molecule has 2 aliphatic heterocycles. The van der Waals surface area contributed by atoms with Crippen molar-refractivity contribution in [1.82, 2.24) is 29.2 Å². The Morgan fingerprint density at radius 3 is 2.31 bits per heavy atom. The summed E-state index contributed by atoms with van der Waals surface area (Å²) in [6.45, 7) is 10.00. The molecule has 29 heavy (non-hydrogen) atoms. The second-order valence-electron chi connectivity index (χ2n) is 8.71. The molecule has 154 valence electrons. The fourth-order valence-electron chi connectivity index (χ4n) is 4.72. The van der Waals surface area contributed by atoms with Gasteiger partial charge >= 0.3 is 0 Å². The zero-order chi connectivity index (χ0) is 19.6. The van der Waals surface area contributed by atoms with Gasteiger partial charge in [-0.25, -0.2) is 4.98 Å². The van der Waals surface area contributed by atoms with E-state index < -0.39 is 0 Å². The van der Waals surface area contributed by atoms with Gasteiger partial charge in [-0.2, -0.15) is 0 Å². The Labute approximate surface area is 173 Å². The second-order valence-corrected chi connectivity index (χ2v) is 8.71. The van der Waals surface area contributed by atoms with Gasteiger partial charge in [0, 0.05) is 75.3 Å². The first-order chi connectivity index (χ1) is 14.2. The number of nitrogens with zero attached hydrogens (tertiary/aromatic N) is 5. The first-order valence-corrected chi connectivity index (χ1v) is 11.0. The minimum Gasteiger partial charge on any atom is -0.357 e. The van der Waals surface area contributed by atoms with Crippen molar-refractivity contribution >= 4 is 10.9 Å². The largest absolute Gasteiger partial charge is 0.357 e. The van der Waals surface area contributed by atoms with Crippen LogP contribution >= 0.6 is 0 Å². The van der Waals surface area contributed by atoms with Crippen LogP contribution in [0, 0.1) is 0 Å². The first-order valence-electron chi connectivity index (χ1n) is 11.0. The fourth-order valence-corrected chi connectivity index (χ4v) is 4.72. The molecule has 0 unspecified atom stereocenters. The molecule has 5 rings (SSSR count). The maximum atomic E-state index is 4.46. The highest BCUT2D eigenvalue weighted by molar-refractivity contribution is 5.81. The minimum absolute atomic E-state index is 0.951. The molecule has 1 N–H and O–H groups in total. The van der Waals surface area contributed by atoms with Crippen LogP contribution in [0.3, 0.4) is 0 Å². The summed E-state index contributed by atoms with van der Waals surface area (Å²) < 4.78 is 2.12. The molecule has 2 saturated heterocycles. The van der Waals surface area contributed by atoms with Gasteiger partial charge < -0.3 is 9.55 Å². The number of benzene rings is 1. The second kappa shape index (κ2) is 8.30. The molecule has 2 aromatic heterocycles. The third-order valence-corrected chi connectivity index (χ3v) is 6.49. The summed E-state index contributed by atoms with van der Waals surface area (Å²) in [6.07, 6.45) is 6.61. The van der Waals surface area contributed by atoms with Crippen LogP contribution < -0.4 is 0 Å². The molecule has 2 aliphatic rings. The van der Waals surface area contributed by atoms with Crippen LogP contribution in [0.15, 0.2) is 36.7 Å². The molecule has 0 amide bonds. The van der Waals surface area contributed by atoms with E-state index >= 15 is 0 Å². The summed E-state index contributed by atoms with van der Waals surface area (Å²) in [5.74, 6) is 1.15. The number of aromatic nitrogens is 3. The normalized spacial score (nSPS) is 19.5. The molecule has 1 aromatic carbocycles. The Bertz CT molecular complexity index is 943. The monoisotopic (exact) mass is 392 g/mol. The van der Waals surface area contributed by atoms with Crippen molar-refractivity contribution in [1.29, 1.82) is 0 Å². The molecule has 0 spiro atoms. The molecule has 0 saturated carbocycles. The highest BCUT2D eigenvalue weighted by Gasteiger charge is 2.19. The Hall–Kier alpha value is -2.15. The number of piperazine rings is 1. The van der Waals surface area contributed by atoms with Crippen LogP contribution in [0.5, 0.6) is 0 Å². The van der Waals surface area contributed by atoms with Gasteiger partial charge in [-0.15, -0.1) is 0 Å². The molecule has 3 aromatic rings. The van der Waals surface area contributed by atoms with Gasteiger partial charge in [0.25, 0.3) is 0 Å². The third-order valence-electron chi connectivity index (χ3n) is 6.49. The van der Waals surface area contributed by atoms with E-state index in [-0.39, 0.29) is 0 Å². The lowest BCUT2D eigenvalue weighted by atomic mass is 10.1. The van der Waals surface area contributed by atoms with E-state index in [0.717, 1.165) is 51.6 Å². The summed E-state index contributed by atoms with van der Waals surface area (Å²) in [5, 5.41) is 1.35. The summed E-state index contributed by atoms with van der Waals surface area (Å²) in [7, 11) is 2.08. The van der Waals surface area contributed by atoms with Crippen LogP contribution in [0.2, 0.25) is 0 Å². The van der Waals surface area contributed by atoms with Crippen molar-refractivity contribution in [3.8, 4) is 0 Å². The Morgan fingerprint density at radius 1 is 0.862 bits per heavy atom. The molecule has 4 heterocycles. The lowest BCUT2D eigenvalue weighted by molar-refractivity contribution is 0.119. The number of aromatic amines is 1. The quantitative estimate of drug-likeness (QED) is 0.701. The van der Waals surface area contributed by atoms with E-state index in [2.05, 4.69) is 60.5 Å².